The minimum absolute atomic E-state index is 0.0835. The third kappa shape index (κ3) is 4.36. The van der Waals surface area contributed by atoms with Crippen molar-refractivity contribution in [1.29, 1.82) is 0 Å². The molecule has 0 aromatic heterocycles. The lowest BCUT2D eigenvalue weighted by molar-refractivity contribution is 0.127. The smallest absolute Gasteiger partial charge is 0.125 e. The first-order valence-electron chi connectivity index (χ1n) is 6.11. The van der Waals surface area contributed by atoms with E-state index in [2.05, 4.69) is 0 Å². The topological polar surface area (TPSA) is 38.7 Å². The number of rotatable bonds is 7. The fourth-order valence-corrected chi connectivity index (χ4v) is 1.64. The van der Waals surface area contributed by atoms with Gasteiger partial charge in [0, 0.05) is 25.7 Å². The average molecular weight is 238 g/mol. The summed E-state index contributed by atoms with van der Waals surface area (Å²) in [5, 5.41) is 9.89. The molecule has 2 unspecified atom stereocenters. The quantitative estimate of drug-likeness (QED) is 0.793. The highest BCUT2D eigenvalue weighted by molar-refractivity contribution is 5.35. The molecule has 0 heterocycles. The second-order valence-corrected chi connectivity index (χ2v) is 4.17. The van der Waals surface area contributed by atoms with Crippen molar-refractivity contribution in [2.75, 3.05) is 13.7 Å². The first-order chi connectivity index (χ1) is 8.19. The molecular formula is C14H22O3. The lowest BCUT2D eigenvalue weighted by Gasteiger charge is -2.19. The van der Waals surface area contributed by atoms with E-state index in [1.165, 1.54) is 0 Å². The van der Waals surface area contributed by atoms with Crippen LogP contribution in [0, 0.1) is 0 Å². The fraction of sp³-hybridized carbons (Fsp3) is 0.571. The van der Waals surface area contributed by atoms with E-state index in [4.69, 9.17) is 9.47 Å². The minimum Gasteiger partial charge on any atom is -0.490 e. The predicted octanol–water partition coefficient (Wildman–Crippen LogP) is 2.93. The van der Waals surface area contributed by atoms with Gasteiger partial charge in [-0.25, -0.2) is 0 Å². The van der Waals surface area contributed by atoms with Crippen molar-refractivity contribution in [3.8, 4) is 5.75 Å². The Morgan fingerprint density at radius 3 is 2.65 bits per heavy atom. The Kier molecular flexibility index (Phi) is 6.01. The van der Waals surface area contributed by atoms with Crippen LogP contribution in [0.1, 0.15) is 38.4 Å². The molecule has 0 saturated carbocycles. The molecule has 0 aliphatic rings. The van der Waals surface area contributed by atoms with Gasteiger partial charge in [0.15, 0.2) is 0 Å². The molecule has 0 spiro atoms. The number of methoxy groups -OCH3 is 1. The van der Waals surface area contributed by atoms with E-state index in [1.54, 1.807) is 7.11 Å². The summed E-state index contributed by atoms with van der Waals surface area (Å²) in [6.07, 6.45) is 1.15. The van der Waals surface area contributed by atoms with Gasteiger partial charge in [0.25, 0.3) is 0 Å². The van der Waals surface area contributed by atoms with Crippen molar-refractivity contribution in [3.63, 3.8) is 0 Å². The molecule has 0 amide bonds. The van der Waals surface area contributed by atoms with Crippen LogP contribution >= 0.6 is 0 Å². The lowest BCUT2D eigenvalue weighted by atomic mass is 10.1. The predicted molar refractivity (Wildman–Crippen MR) is 68.3 cm³/mol. The van der Waals surface area contributed by atoms with Crippen LogP contribution in [0.4, 0.5) is 0 Å². The number of aliphatic hydroxyl groups is 1. The molecule has 1 rings (SSSR count). The minimum atomic E-state index is -0.458. The van der Waals surface area contributed by atoms with E-state index in [0.29, 0.717) is 13.0 Å². The second-order valence-electron chi connectivity index (χ2n) is 4.17. The van der Waals surface area contributed by atoms with Crippen molar-refractivity contribution in [2.24, 2.45) is 0 Å². The van der Waals surface area contributed by atoms with Gasteiger partial charge < -0.3 is 14.6 Å². The summed E-state index contributed by atoms with van der Waals surface area (Å²) in [6, 6.07) is 7.65. The molecular weight excluding hydrogens is 216 g/mol. The molecule has 0 saturated heterocycles. The van der Waals surface area contributed by atoms with E-state index in [9.17, 15) is 5.11 Å². The summed E-state index contributed by atoms with van der Waals surface area (Å²) in [6.45, 7) is 4.64. The van der Waals surface area contributed by atoms with E-state index >= 15 is 0 Å². The molecule has 17 heavy (non-hydrogen) atoms. The molecule has 0 aliphatic heterocycles. The Balaban J connectivity index is 2.69. The van der Waals surface area contributed by atoms with Crippen LogP contribution in [0.3, 0.4) is 0 Å². The zero-order valence-electron chi connectivity index (χ0n) is 10.8. The van der Waals surface area contributed by atoms with Crippen molar-refractivity contribution in [3.05, 3.63) is 29.8 Å². The van der Waals surface area contributed by atoms with Gasteiger partial charge in [-0.05, 0) is 19.4 Å². The fourth-order valence-electron chi connectivity index (χ4n) is 1.64. The van der Waals surface area contributed by atoms with E-state index in [-0.39, 0.29) is 6.10 Å². The monoisotopic (exact) mass is 238 g/mol. The van der Waals surface area contributed by atoms with Gasteiger partial charge in [-0.1, -0.05) is 25.1 Å². The molecule has 0 aliphatic carbocycles. The van der Waals surface area contributed by atoms with Gasteiger partial charge in [-0.2, -0.15) is 0 Å². The highest BCUT2D eigenvalue weighted by Gasteiger charge is 2.13. The van der Waals surface area contributed by atoms with Crippen LogP contribution in [-0.2, 0) is 4.74 Å². The molecule has 1 aromatic carbocycles. The van der Waals surface area contributed by atoms with Crippen molar-refractivity contribution >= 4 is 0 Å². The Labute approximate surface area is 103 Å². The first-order valence-corrected chi connectivity index (χ1v) is 6.11. The van der Waals surface area contributed by atoms with Crippen LogP contribution in [0.15, 0.2) is 24.3 Å². The molecule has 1 N–H and O–H groups in total. The van der Waals surface area contributed by atoms with Gasteiger partial charge in [0.05, 0.1) is 12.2 Å². The summed E-state index contributed by atoms with van der Waals surface area (Å²) < 4.78 is 10.9. The molecule has 3 nitrogen and oxygen atoms in total. The lowest BCUT2D eigenvalue weighted by Crippen LogP contribution is -2.15. The zero-order chi connectivity index (χ0) is 12.7. The summed E-state index contributed by atoms with van der Waals surface area (Å²) in [5.74, 6) is 0.769. The van der Waals surface area contributed by atoms with Crippen molar-refractivity contribution < 1.29 is 14.6 Å². The van der Waals surface area contributed by atoms with E-state index in [0.717, 1.165) is 17.7 Å². The maximum absolute atomic E-state index is 9.89. The number of aliphatic hydroxyl groups excluding tert-OH is 1. The Hall–Kier alpha value is -1.06. The van der Waals surface area contributed by atoms with Gasteiger partial charge in [-0.3, -0.25) is 0 Å². The number of ether oxygens (including phenoxy) is 2. The molecule has 1 aromatic rings. The van der Waals surface area contributed by atoms with Crippen molar-refractivity contribution in [1.82, 2.24) is 0 Å². The molecule has 0 radical (unpaired) electrons. The standard InChI is InChI=1S/C14H22O3/c1-4-13(15)12-7-5-6-8-14(12)17-11(2)9-10-16-3/h5-8,11,13,15H,4,9-10H2,1-3H3. The number of hydrogen-bond donors (Lipinski definition) is 1. The summed E-state index contributed by atoms with van der Waals surface area (Å²) >= 11 is 0. The maximum Gasteiger partial charge on any atom is 0.125 e. The normalized spacial score (nSPS) is 14.4. The highest BCUT2D eigenvalue weighted by atomic mass is 16.5. The van der Waals surface area contributed by atoms with Crippen LogP contribution < -0.4 is 4.74 Å². The number of hydrogen-bond acceptors (Lipinski definition) is 3. The van der Waals surface area contributed by atoms with Crippen molar-refractivity contribution in [2.45, 2.75) is 38.9 Å². The Morgan fingerprint density at radius 1 is 1.29 bits per heavy atom. The van der Waals surface area contributed by atoms with Crippen LogP contribution in [-0.4, -0.2) is 24.9 Å². The summed E-state index contributed by atoms with van der Waals surface area (Å²) in [5.41, 5.74) is 0.860. The van der Waals surface area contributed by atoms with Crippen LogP contribution in [0.5, 0.6) is 5.75 Å². The van der Waals surface area contributed by atoms with E-state index in [1.807, 2.05) is 38.1 Å². The number of benzene rings is 1. The molecule has 0 fully saturated rings. The largest absolute Gasteiger partial charge is 0.490 e. The van der Waals surface area contributed by atoms with Gasteiger partial charge >= 0.3 is 0 Å². The van der Waals surface area contributed by atoms with Gasteiger partial charge in [0.2, 0.25) is 0 Å². The van der Waals surface area contributed by atoms with Crippen LogP contribution in [0.25, 0.3) is 0 Å². The molecule has 2 atom stereocenters. The summed E-state index contributed by atoms with van der Waals surface area (Å²) in [7, 11) is 1.68. The SMILES string of the molecule is CCC(O)c1ccccc1OC(C)CCOC. The maximum atomic E-state index is 9.89. The Bertz CT molecular complexity index is 325. The first kappa shape index (κ1) is 14.0. The third-order valence-electron chi connectivity index (χ3n) is 2.72. The van der Waals surface area contributed by atoms with Crippen LogP contribution in [0.2, 0.25) is 0 Å². The molecule has 0 bridgehead atoms. The number of para-hydroxylation sites is 1. The Morgan fingerprint density at radius 2 is 2.00 bits per heavy atom. The molecule has 3 heteroatoms. The van der Waals surface area contributed by atoms with Gasteiger partial charge in [0.1, 0.15) is 5.75 Å². The highest BCUT2D eigenvalue weighted by Crippen LogP contribution is 2.27. The second kappa shape index (κ2) is 7.30. The zero-order valence-corrected chi connectivity index (χ0v) is 10.8. The third-order valence-corrected chi connectivity index (χ3v) is 2.72. The average Bonchev–Trinajstić information content (AvgIpc) is 2.36. The molecule has 96 valence electrons. The summed E-state index contributed by atoms with van der Waals surface area (Å²) in [4.78, 5) is 0. The van der Waals surface area contributed by atoms with E-state index < -0.39 is 6.10 Å². The van der Waals surface area contributed by atoms with Gasteiger partial charge in [-0.15, -0.1) is 0 Å².